The smallest absolute Gasteiger partial charge is 0.146 e. The van der Waals surface area contributed by atoms with Crippen LogP contribution >= 0.6 is 0 Å². The summed E-state index contributed by atoms with van der Waals surface area (Å²) < 4.78 is 83.1. The fourth-order valence-electron chi connectivity index (χ4n) is 5.19. The Kier molecular flexibility index (Phi) is 2.71. The summed E-state index contributed by atoms with van der Waals surface area (Å²) in [6.45, 7) is 0. The second-order valence-electron chi connectivity index (χ2n) is 8.68. The minimum absolute atomic E-state index is 0.111. The lowest BCUT2D eigenvalue weighted by Crippen LogP contribution is -1.89. The highest BCUT2D eigenvalue weighted by Crippen LogP contribution is 2.46. The molecule has 168 valence electrons. The molecule has 2 nitrogen and oxygen atoms in total. The maximum absolute atomic E-state index is 9.08. The molecule has 0 N–H and O–H groups in total. The quantitative estimate of drug-likeness (QED) is 0.236. The zero-order valence-corrected chi connectivity index (χ0v) is 18.7. The van der Waals surface area contributed by atoms with E-state index in [4.69, 9.17) is 19.8 Å². The van der Waals surface area contributed by atoms with Crippen LogP contribution in [0.3, 0.4) is 0 Å². The van der Waals surface area contributed by atoms with E-state index < -0.39 is 24.2 Å². The fraction of sp³-hybridized carbons (Fsp3) is 0. The molecule has 8 aromatic rings. The molecule has 0 spiro atoms. The van der Waals surface area contributed by atoms with Gasteiger partial charge in [-0.05, 0) is 56.9 Å². The molecule has 6 aromatic carbocycles. The van der Waals surface area contributed by atoms with Crippen LogP contribution in [0.2, 0.25) is 0 Å². The topological polar surface area (TPSA) is 26.3 Å². The molecule has 0 fully saturated rings. The lowest BCUT2D eigenvalue weighted by atomic mass is 9.87. The molecule has 2 heteroatoms. The number of para-hydroxylation sites is 1. The molecule has 0 saturated carbocycles. The summed E-state index contributed by atoms with van der Waals surface area (Å²) in [4.78, 5) is 0. The fourth-order valence-corrected chi connectivity index (χ4v) is 5.19. The van der Waals surface area contributed by atoms with Gasteiger partial charge in [0.05, 0.1) is 16.4 Å². The Morgan fingerprint density at radius 1 is 0.528 bits per heavy atom. The summed E-state index contributed by atoms with van der Waals surface area (Å²) >= 11 is 0. The van der Waals surface area contributed by atoms with Crippen molar-refractivity contribution >= 4 is 54.5 Å². The number of hydrogen-bond donors (Lipinski definition) is 0. The van der Waals surface area contributed by atoms with Crippen LogP contribution in [-0.4, -0.2) is 0 Å². The molecule has 0 amide bonds. The maximum atomic E-state index is 9.08. The summed E-state index contributed by atoms with van der Waals surface area (Å²) in [6, 6.07) is 18.8. The van der Waals surface area contributed by atoms with Crippen LogP contribution in [0.5, 0.6) is 0 Å². The first kappa shape index (κ1) is 13.3. The molecular formula is C34H20O2. The molecule has 0 aliphatic rings. The van der Waals surface area contributed by atoms with Crippen LogP contribution in [0.4, 0.5) is 0 Å². The Morgan fingerprint density at radius 3 is 1.89 bits per heavy atom. The van der Waals surface area contributed by atoms with Crippen molar-refractivity contribution in [2.24, 2.45) is 0 Å². The molecule has 8 rings (SSSR count). The van der Waals surface area contributed by atoms with Crippen LogP contribution in [-0.2, 0) is 0 Å². The molecule has 0 radical (unpaired) electrons. The van der Waals surface area contributed by atoms with E-state index in [9.17, 15) is 0 Å². The summed E-state index contributed by atoms with van der Waals surface area (Å²) in [6.07, 6.45) is 0. The van der Waals surface area contributed by atoms with Crippen LogP contribution in [0.25, 0.3) is 76.9 Å². The van der Waals surface area contributed by atoms with Crippen molar-refractivity contribution in [3.05, 3.63) is 121 Å². The zero-order valence-electron chi connectivity index (χ0n) is 26.7. The molecule has 0 unspecified atom stereocenters. The number of fused-ring (bicyclic) bond motifs is 7. The Hall–Kier alpha value is -4.82. The zero-order chi connectivity index (χ0) is 30.6. The highest BCUT2D eigenvalue weighted by atomic mass is 16.3. The number of benzene rings is 6. The first-order chi connectivity index (χ1) is 21.2. The van der Waals surface area contributed by atoms with Gasteiger partial charge in [-0.3, -0.25) is 0 Å². The number of rotatable bonds is 2. The van der Waals surface area contributed by atoms with Crippen molar-refractivity contribution in [1.82, 2.24) is 0 Å². The minimum atomic E-state index is -0.456. The highest BCUT2D eigenvalue weighted by Gasteiger charge is 2.20. The normalized spacial score (nSPS) is 15.0. The van der Waals surface area contributed by atoms with Crippen molar-refractivity contribution < 1.29 is 19.8 Å². The number of furan rings is 2. The van der Waals surface area contributed by atoms with Crippen LogP contribution in [0.1, 0.15) is 11.0 Å². The summed E-state index contributed by atoms with van der Waals surface area (Å²) in [5.74, 6) is 0.211. The van der Waals surface area contributed by atoms with Gasteiger partial charge in [-0.2, -0.15) is 0 Å². The molecule has 0 aliphatic carbocycles. The van der Waals surface area contributed by atoms with Crippen molar-refractivity contribution in [2.45, 2.75) is 0 Å². The molecule has 0 saturated heterocycles. The van der Waals surface area contributed by atoms with E-state index in [1.54, 1.807) is 30.3 Å². The van der Waals surface area contributed by atoms with Crippen LogP contribution < -0.4 is 0 Å². The predicted octanol–water partition coefficient (Wildman–Crippen LogP) is 9.97. The molecule has 0 aliphatic heterocycles. The monoisotopic (exact) mass is 468 g/mol. The molecule has 0 atom stereocenters. The van der Waals surface area contributed by atoms with Gasteiger partial charge in [0.15, 0.2) is 0 Å². The standard InChI is InChI=1S/C34H20O2/c1-2-10-21(11-3-1)31-23-12-4-6-14-25(23)32(26-15-7-5-13-24(26)31)30-20-22-18-19-29-33(34(22)36-30)27-16-8-9-17-28(27)35-29/h1-20H/i4D,5D,6D,7D,12D,13D,14D,15D. The van der Waals surface area contributed by atoms with Gasteiger partial charge in [0, 0.05) is 16.3 Å². The lowest BCUT2D eigenvalue weighted by molar-refractivity contribution is 0.635. The third kappa shape index (κ3) is 2.67. The van der Waals surface area contributed by atoms with E-state index in [1.807, 2.05) is 42.5 Å². The second kappa shape index (κ2) is 7.34. The Balaban J connectivity index is 1.66. The maximum Gasteiger partial charge on any atom is 0.146 e. The highest BCUT2D eigenvalue weighted by molar-refractivity contribution is 6.22. The minimum Gasteiger partial charge on any atom is -0.456 e. The average molecular weight is 469 g/mol. The van der Waals surface area contributed by atoms with Gasteiger partial charge in [-0.25, -0.2) is 0 Å². The van der Waals surface area contributed by atoms with Gasteiger partial charge in [-0.15, -0.1) is 0 Å². The van der Waals surface area contributed by atoms with Crippen LogP contribution in [0.15, 0.2) is 130 Å². The van der Waals surface area contributed by atoms with Crippen molar-refractivity contribution in [1.29, 1.82) is 0 Å². The van der Waals surface area contributed by atoms with E-state index in [0.717, 1.165) is 10.8 Å². The Labute approximate surface area is 218 Å². The summed E-state index contributed by atoms with van der Waals surface area (Å²) in [7, 11) is 0. The first-order valence-corrected chi connectivity index (χ1v) is 11.5. The van der Waals surface area contributed by atoms with Gasteiger partial charge < -0.3 is 8.83 Å². The van der Waals surface area contributed by atoms with Gasteiger partial charge in [0.1, 0.15) is 22.5 Å². The molecule has 36 heavy (non-hydrogen) atoms. The Bertz CT molecular complexity index is 2450. The van der Waals surface area contributed by atoms with E-state index >= 15 is 0 Å². The molecule has 2 heterocycles. The van der Waals surface area contributed by atoms with Gasteiger partial charge in [0.2, 0.25) is 0 Å². The van der Waals surface area contributed by atoms with E-state index in [0.29, 0.717) is 33.3 Å². The number of hydrogen-bond acceptors (Lipinski definition) is 2. The van der Waals surface area contributed by atoms with Gasteiger partial charge in [-0.1, -0.05) is 96.9 Å². The predicted molar refractivity (Wildman–Crippen MR) is 149 cm³/mol. The third-order valence-corrected chi connectivity index (χ3v) is 6.71. The summed E-state index contributed by atoms with van der Waals surface area (Å²) in [5, 5.41) is 2.80. The van der Waals surface area contributed by atoms with Crippen LogP contribution in [0, 0.1) is 0 Å². The van der Waals surface area contributed by atoms with Crippen molar-refractivity contribution in [2.75, 3.05) is 0 Å². The van der Waals surface area contributed by atoms with E-state index in [1.165, 1.54) is 0 Å². The largest absolute Gasteiger partial charge is 0.456 e. The molecule has 2 aromatic heterocycles. The first-order valence-electron chi connectivity index (χ1n) is 15.5. The van der Waals surface area contributed by atoms with Gasteiger partial charge >= 0.3 is 0 Å². The lowest BCUT2D eigenvalue weighted by Gasteiger charge is -2.16. The summed E-state index contributed by atoms with van der Waals surface area (Å²) in [5.41, 5.74) is 2.82. The molecule has 0 bridgehead atoms. The second-order valence-corrected chi connectivity index (χ2v) is 8.68. The van der Waals surface area contributed by atoms with Crippen molar-refractivity contribution in [3.8, 4) is 22.5 Å². The van der Waals surface area contributed by atoms with Crippen molar-refractivity contribution in [3.63, 3.8) is 0 Å². The van der Waals surface area contributed by atoms with E-state index in [2.05, 4.69) is 0 Å². The van der Waals surface area contributed by atoms with Gasteiger partial charge in [0.25, 0.3) is 0 Å². The SMILES string of the molecule is [2H]c1c([2H])c([2H])c2c(-c3cc4ccc5oc6ccccc6c5c4o3)c3c([2H])c([2H])c([2H])c([2H])c3c(-c3ccccc3)c2c1[2H]. The third-order valence-electron chi connectivity index (χ3n) is 6.71. The average Bonchev–Trinajstić information content (AvgIpc) is 3.64. The molecular weight excluding hydrogens is 440 g/mol. The Morgan fingerprint density at radius 2 is 1.17 bits per heavy atom. The van der Waals surface area contributed by atoms with E-state index in [-0.39, 0.29) is 57.0 Å².